The van der Waals surface area contributed by atoms with Gasteiger partial charge >= 0.3 is 0 Å². The molecule has 0 aliphatic rings. The Morgan fingerprint density at radius 1 is 0.482 bits per heavy atom. The van der Waals surface area contributed by atoms with Gasteiger partial charge in [0.05, 0.1) is 23.8 Å². The minimum atomic E-state index is -0.574. The number of para-hydroxylation sites is 2. The predicted octanol–water partition coefficient (Wildman–Crippen LogP) is 8.30. The van der Waals surface area contributed by atoms with Crippen LogP contribution in [0.1, 0.15) is 55.8 Å². The third-order valence-electron chi connectivity index (χ3n) is 8.94. The van der Waals surface area contributed by atoms with E-state index in [9.17, 15) is 14.7 Å². The number of nitrogens with one attached hydrogen (secondary N) is 2. The molecule has 286 valence electrons. The van der Waals surface area contributed by atoms with Crippen LogP contribution in [-0.4, -0.2) is 36.1 Å². The highest BCUT2D eigenvalue weighted by Gasteiger charge is 2.22. The monoisotopic (exact) mass is 750 g/mol. The summed E-state index contributed by atoms with van der Waals surface area (Å²) in [6.07, 6.45) is 0.893. The molecule has 6 rings (SSSR count). The molecule has 0 aromatic heterocycles. The summed E-state index contributed by atoms with van der Waals surface area (Å²) in [6, 6.07) is 48.8. The van der Waals surface area contributed by atoms with E-state index in [2.05, 4.69) is 10.6 Å². The summed E-state index contributed by atoms with van der Waals surface area (Å²) in [5, 5.41) is 16.2. The summed E-state index contributed by atoms with van der Waals surface area (Å²) in [5.74, 6) is 0.827. The van der Waals surface area contributed by atoms with E-state index in [4.69, 9.17) is 18.9 Å². The maximum absolute atomic E-state index is 13.7. The average molecular weight is 751 g/mol. The second kappa shape index (κ2) is 20.8. The van der Waals surface area contributed by atoms with Gasteiger partial charge in [0, 0.05) is 6.54 Å². The van der Waals surface area contributed by atoms with Crippen LogP contribution in [0.25, 0.3) is 0 Å². The van der Waals surface area contributed by atoms with Crippen LogP contribution in [0.3, 0.4) is 0 Å². The fraction of sp³-hybridized carbons (Fsp3) is 0.191. The van der Waals surface area contributed by atoms with Crippen molar-refractivity contribution < 1.29 is 33.6 Å². The minimum absolute atomic E-state index is 0.233. The Labute approximate surface area is 327 Å². The van der Waals surface area contributed by atoms with E-state index in [0.717, 1.165) is 22.3 Å². The van der Waals surface area contributed by atoms with Crippen molar-refractivity contribution in [2.45, 2.75) is 45.3 Å². The lowest BCUT2D eigenvalue weighted by Crippen LogP contribution is -2.38. The Hall–Kier alpha value is -6.58. The summed E-state index contributed by atoms with van der Waals surface area (Å²) >= 11 is 0. The number of hydrogen-bond donors (Lipinski definition) is 3. The molecule has 0 saturated carbocycles. The number of hydrogen-bond acceptors (Lipinski definition) is 7. The van der Waals surface area contributed by atoms with Crippen molar-refractivity contribution in [1.29, 1.82) is 0 Å². The molecule has 0 radical (unpaired) electrons. The summed E-state index contributed by atoms with van der Waals surface area (Å²) in [5.41, 5.74) is 4.49. The molecule has 2 amide bonds. The van der Waals surface area contributed by atoms with Crippen molar-refractivity contribution in [3.8, 4) is 23.0 Å². The second-order valence-electron chi connectivity index (χ2n) is 13.1. The molecule has 0 aliphatic carbocycles. The number of aliphatic hydroxyl groups excluding tert-OH is 1. The van der Waals surface area contributed by atoms with Gasteiger partial charge in [0.25, 0.3) is 11.8 Å². The first-order valence-electron chi connectivity index (χ1n) is 18.7. The van der Waals surface area contributed by atoms with Crippen LogP contribution >= 0.6 is 0 Å². The molecule has 0 spiro atoms. The first-order valence-corrected chi connectivity index (χ1v) is 18.7. The van der Waals surface area contributed by atoms with E-state index in [0.29, 0.717) is 61.2 Å². The fourth-order valence-electron chi connectivity index (χ4n) is 5.96. The van der Waals surface area contributed by atoms with Crippen LogP contribution in [0, 0.1) is 0 Å². The third kappa shape index (κ3) is 11.5. The van der Waals surface area contributed by atoms with Crippen molar-refractivity contribution in [2.24, 2.45) is 0 Å². The van der Waals surface area contributed by atoms with Crippen molar-refractivity contribution in [3.63, 3.8) is 0 Å². The molecule has 0 heterocycles. The number of rotatable bonds is 20. The predicted molar refractivity (Wildman–Crippen MR) is 216 cm³/mol. The number of carbonyl (C=O) groups is 2. The molecule has 9 nitrogen and oxygen atoms in total. The van der Waals surface area contributed by atoms with Gasteiger partial charge in [-0.15, -0.1) is 0 Å². The molecule has 6 aromatic rings. The zero-order chi connectivity index (χ0) is 38.8. The van der Waals surface area contributed by atoms with Crippen LogP contribution in [0.2, 0.25) is 0 Å². The maximum Gasteiger partial charge on any atom is 0.255 e. The summed E-state index contributed by atoms with van der Waals surface area (Å²) in [7, 11) is 0. The molecule has 0 fully saturated rings. The van der Waals surface area contributed by atoms with Gasteiger partial charge < -0.3 is 34.7 Å². The zero-order valence-electron chi connectivity index (χ0n) is 31.1. The summed E-state index contributed by atoms with van der Waals surface area (Å²) < 4.78 is 24.7. The van der Waals surface area contributed by atoms with Crippen LogP contribution < -0.4 is 29.6 Å². The van der Waals surface area contributed by atoms with Crippen molar-refractivity contribution >= 4 is 11.8 Å². The normalized spacial score (nSPS) is 11.2. The largest absolute Gasteiger partial charge is 0.485 e. The van der Waals surface area contributed by atoms with Gasteiger partial charge in [0.2, 0.25) is 0 Å². The molecular weight excluding hydrogens is 705 g/mol. The lowest BCUT2D eigenvalue weighted by Gasteiger charge is -2.20. The van der Waals surface area contributed by atoms with Crippen LogP contribution in [0.5, 0.6) is 23.0 Å². The lowest BCUT2D eigenvalue weighted by molar-refractivity contribution is 0.0900. The Bertz CT molecular complexity index is 2110. The third-order valence-corrected chi connectivity index (χ3v) is 8.94. The molecule has 0 aliphatic heterocycles. The standard InChI is InChI=1S/C47H46N2O7/c50-30-39(49-47(52)41-26-14-28-43(54-32-36-18-7-2-8-19-36)45(41)56-34-38-22-11-4-12-23-38)24-15-29-48-46(51)40-25-13-27-42(53-31-35-16-5-1-6-17-35)44(40)55-33-37-20-9-3-10-21-37/h1-14,16-23,25-28,39,50H,15,24,29-34H2,(H,48,51)(H,49,52). The Balaban J connectivity index is 1.08. The lowest BCUT2D eigenvalue weighted by atomic mass is 10.1. The number of amides is 2. The number of carbonyl (C=O) groups excluding carboxylic acids is 2. The van der Waals surface area contributed by atoms with E-state index in [1.165, 1.54) is 0 Å². The van der Waals surface area contributed by atoms with Gasteiger partial charge in [-0.25, -0.2) is 0 Å². The molecule has 3 N–H and O–H groups in total. The molecule has 1 atom stereocenters. The molecule has 9 heteroatoms. The van der Waals surface area contributed by atoms with E-state index >= 15 is 0 Å². The Morgan fingerprint density at radius 3 is 1.29 bits per heavy atom. The van der Waals surface area contributed by atoms with E-state index in [1.54, 1.807) is 36.4 Å². The highest BCUT2D eigenvalue weighted by Crippen LogP contribution is 2.34. The van der Waals surface area contributed by atoms with Gasteiger partial charge in [-0.1, -0.05) is 133 Å². The topological polar surface area (TPSA) is 115 Å². The first kappa shape index (κ1) is 39.1. The van der Waals surface area contributed by atoms with E-state index < -0.39 is 11.9 Å². The number of aliphatic hydroxyl groups is 1. The molecule has 56 heavy (non-hydrogen) atoms. The Kier molecular flexibility index (Phi) is 14.5. The molecule has 1 unspecified atom stereocenters. The van der Waals surface area contributed by atoms with Crippen LogP contribution in [-0.2, 0) is 26.4 Å². The van der Waals surface area contributed by atoms with Crippen molar-refractivity contribution in [3.05, 3.63) is 191 Å². The van der Waals surface area contributed by atoms with Gasteiger partial charge in [0.15, 0.2) is 23.0 Å². The zero-order valence-corrected chi connectivity index (χ0v) is 31.1. The van der Waals surface area contributed by atoms with Gasteiger partial charge in [0.1, 0.15) is 26.4 Å². The molecular formula is C47H46N2O7. The average Bonchev–Trinajstić information content (AvgIpc) is 3.25. The van der Waals surface area contributed by atoms with Crippen molar-refractivity contribution in [2.75, 3.05) is 13.2 Å². The van der Waals surface area contributed by atoms with Crippen LogP contribution in [0.4, 0.5) is 0 Å². The Morgan fingerprint density at radius 2 is 0.875 bits per heavy atom. The summed E-state index contributed by atoms with van der Waals surface area (Å²) in [6.45, 7) is 1.11. The smallest absolute Gasteiger partial charge is 0.255 e. The second-order valence-corrected chi connectivity index (χ2v) is 13.1. The minimum Gasteiger partial charge on any atom is -0.485 e. The van der Waals surface area contributed by atoms with Gasteiger partial charge in [-0.05, 0) is 59.4 Å². The number of ether oxygens (including phenoxy) is 4. The van der Waals surface area contributed by atoms with Gasteiger partial charge in [-0.2, -0.15) is 0 Å². The first-order chi connectivity index (χ1) is 27.6. The molecule has 6 aromatic carbocycles. The molecule has 0 bridgehead atoms. The maximum atomic E-state index is 13.7. The molecule has 0 saturated heterocycles. The quantitative estimate of drug-likeness (QED) is 0.0673. The fourth-order valence-corrected chi connectivity index (χ4v) is 5.96. The highest BCUT2D eigenvalue weighted by atomic mass is 16.5. The van der Waals surface area contributed by atoms with Gasteiger partial charge in [-0.3, -0.25) is 9.59 Å². The van der Waals surface area contributed by atoms with Crippen molar-refractivity contribution in [1.82, 2.24) is 10.6 Å². The number of benzene rings is 6. The van der Waals surface area contributed by atoms with E-state index in [-0.39, 0.29) is 31.3 Å². The highest BCUT2D eigenvalue weighted by molar-refractivity contribution is 5.98. The van der Waals surface area contributed by atoms with E-state index in [1.807, 2.05) is 121 Å². The van der Waals surface area contributed by atoms with Crippen LogP contribution in [0.15, 0.2) is 158 Å². The summed E-state index contributed by atoms with van der Waals surface area (Å²) in [4.78, 5) is 27.3. The SMILES string of the molecule is O=C(NCCCC(CO)NC(=O)c1cccc(OCc2ccccc2)c1OCc1ccccc1)c1cccc(OCc2ccccc2)c1OCc1ccccc1.